The molecule has 1 aliphatic rings. The number of aromatic nitrogens is 1. The molecule has 2 aromatic rings. The summed E-state index contributed by atoms with van der Waals surface area (Å²) in [7, 11) is 0. The van der Waals surface area contributed by atoms with E-state index < -0.39 is 0 Å². The third-order valence-electron chi connectivity index (χ3n) is 2.84. The largest absolute Gasteiger partial charge is 0.342 e. The summed E-state index contributed by atoms with van der Waals surface area (Å²) in [5, 5.41) is 6.86. The average molecular weight is 290 g/mol. The molecular formula is C14H12ClN3S. The van der Waals surface area contributed by atoms with E-state index in [2.05, 4.69) is 16.4 Å². The summed E-state index contributed by atoms with van der Waals surface area (Å²) in [4.78, 5) is 9.00. The SMILES string of the molecule is CC1=CC(c2ccc(Cl)cc2)N=C(c2nccs2)N1. The van der Waals surface area contributed by atoms with Crippen molar-refractivity contribution in [2.45, 2.75) is 13.0 Å². The first-order chi connectivity index (χ1) is 9.22. The zero-order valence-corrected chi connectivity index (χ0v) is 11.9. The van der Waals surface area contributed by atoms with E-state index in [0.29, 0.717) is 0 Å². The summed E-state index contributed by atoms with van der Waals surface area (Å²) in [6.07, 6.45) is 3.88. The molecule has 0 spiro atoms. The number of aliphatic imine (C=N–C) groups is 1. The van der Waals surface area contributed by atoms with E-state index in [9.17, 15) is 0 Å². The van der Waals surface area contributed by atoms with E-state index in [0.717, 1.165) is 27.1 Å². The highest BCUT2D eigenvalue weighted by molar-refractivity contribution is 7.11. The normalized spacial score (nSPS) is 18.5. The second kappa shape index (κ2) is 5.15. The first-order valence-corrected chi connectivity index (χ1v) is 7.17. The van der Waals surface area contributed by atoms with Gasteiger partial charge in [0, 0.05) is 22.3 Å². The van der Waals surface area contributed by atoms with Crippen molar-refractivity contribution in [3.63, 3.8) is 0 Å². The van der Waals surface area contributed by atoms with Gasteiger partial charge in [0.15, 0.2) is 10.8 Å². The second-order valence-corrected chi connectivity index (χ2v) is 5.62. The van der Waals surface area contributed by atoms with E-state index in [1.807, 2.05) is 36.6 Å². The minimum absolute atomic E-state index is 0.0115. The molecule has 0 amide bonds. The molecule has 0 radical (unpaired) electrons. The number of nitrogens with one attached hydrogen (secondary N) is 1. The molecule has 1 atom stereocenters. The number of benzene rings is 1. The Balaban J connectivity index is 1.96. The fraction of sp³-hybridized carbons (Fsp3) is 0.143. The molecule has 1 N–H and O–H groups in total. The molecule has 0 bridgehead atoms. The Morgan fingerprint density at radius 3 is 2.74 bits per heavy atom. The van der Waals surface area contributed by atoms with Crippen molar-refractivity contribution in [1.82, 2.24) is 10.3 Å². The van der Waals surface area contributed by atoms with Crippen LogP contribution in [0.4, 0.5) is 0 Å². The Morgan fingerprint density at radius 2 is 2.05 bits per heavy atom. The Morgan fingerprint density at radius 1 is 1.26 bits per heavy atom. The fourth-order valence-corrected chi connectivity index (χ4v) is 2.67. The molecule has 96 valence electrons. The third kappa shape index (κ3) is 2.69. The number of rotatable bonds is 2. The average Bonchev–Trinajstić information content (AvgIpc) is 2.93. The van der Waals surface area contributed by atoms with E-state index >= 15 is 0 Å². The van der Waals surface area contributed by atoms with Gasteiger partial charge in [-0.1, -0.05) is 23.7 Å². The topological polar surface area (TPSA) is 37.3 Å². The second-order valence-electron chi connectivity index (χ2n) is 4.29. The number of halogens is 1. The van der Waals surface area contributed by atoms with Crippen LogP contribution in [0, 0.1) is 0 Å². The predicted molar refractivity (Wildman–Crippen MR) is 79.7 cm³/mol. The molecule has 0 aliphatic carbocycles. The van der Waals surface area contributed by atoms with Gasteiger partial charge in [-0.25, -0.2) is 4.98 Å². The van der Waals surface area contributed by atoms with Crippen molar-refractivity contribution in [1.29, 1.82) is 0 Å². The van der Waals surface area contributed by atoms with Crippen molar-refractivity contribution in [2.75, 3.05) is 0 Å². The maximum Gasteiger partial charge on any atom is 0.162 e. The van der Waals surface area contributed by atoms with Crippen molar-refractivity contribution in [3.8, 4) is 0 Å². The van der Waals surface area contributed by atoms with Crippen LogP contribution in [0.25, 0.3) is 0 Å². The highest BCUT2D eigenvalue weighted by Gasteiger charge is 2.17. The third-order valence-corrected chi connectivity index (χ3v) is 3.87. The molecule has 0 saturated heterocycles. The van der Waals surface area contributed by atoms with Gasteiger partial charge in [-0.2, -0.15) is 0 Å². The number of hydrogen-bond donors (Lipinski definition) is 1. The number of nitrogens with zero attached hydrogens (tertiary/aromatic N) is 2. The van der Waals surface area contributed by atoms with Crippen LogP contribution < -0.4 is 5.32 Å². The predicted octanol–water partition coefficient (Wildman–Crippen LogP) is 3.79. The molecule has 19 heavy (non-hydrogen) atoms. The van der Waals surface area contributed by atoms with Crippen LogP contribution in [0.15, 0.2) is 52.6 Å². The van der Waals surface area contributed by atoms with Gasteiger partial charge in [-0.05, 0) is 30.7 Å². The van der Waals surface area contributed by atoms with Crippen LogP contribution in [0.3, 0.4) is 0 Å². The van der Waals surface area contributed by atoms with Crippen LogP contribution in [-0.2, 0) is 0 Å². The van der Waals surface area contributed by atoms with E-state index in [4.69, 9.17) is 16.6 Å². The minimum atomic E-state index is 0.0115. The summed E-state index contributed by atoms with van der Waals surface area (Å²) < 4.78 is 0. The highest BCUT2D eigenvalue weighted by Crippen LogP contribution is 2.25. The van der Waals surface area contributed by atoms with Gasteiger partial charge >= 0.3 is 0 Å². The molecular weight excluding hydrogens is 278 g/mol. The Kier molecular flexibility index (Phi) is 3.36. The Hall–Kier alpha value is -1.65. The van der Waals surface area contributed by atoms with Crippen molar-refractivity contribution < 1.29 is 0 Å². The summed E-state index contributed by atoms with van der Waals surface area (Å²) in [5.74, 6) is 0.829. The summed E-state index contributed by atoms with van der Waals surface area (Å²) in [5.41, 5.74) is 2.21. The summed E-state index contributed by atoms with van der Waals surface area (Å²) in [6.45, 7) is 2.03. The van der Waals surface area contributed by atoms with Gasteiger partial charge in [0.25, 0.3) is 0 Å². The molecule has 3 nitrogen and oxygen atoms in total. The number of amidine groups is 1. The quantitative estimate of drug-likeness (QED) is 0.913. The molecule has 1 unspecified atom stereocenters. The fourth-order valence-electron chi connectivity index (χ4n) is 1.95. The van der Waals surface area contributed by atoms with E-state index in [-0.39, 0.29) is 6.04 Å². The van der Waals surface area contributed by atoms with E-state index in [1.165, 1.54) is 0 Å². The van der Waals surface area contributed by atoms with Crippen molar-refractivity contribution in [3.05, 3.63) is 63.2 Å². The Bertz CT molecular complexity index is 629. The van der Waals surface area contributed by atoms with Gasteiger partial charge in [0.05, 0.1) is 6.04 Å². The smallest absolute Gasteiger partial charge is 0.162 e. The number of allylic oxidation sites excluding steroid dienone is 1. The number of hydrogen-bond acceptors (Lipinski definition) is 4. The maximum atomic E-state index is 5.92. The van der Waals surface area contributed by atoms with Crippen LogP contribution in [-0.4, -0.2) is 10.8 Å². The van der Waals surface area contributed by atoms with Gasteiger partial charge in [-0.15, -0.1) is 11.3 Å². The van der Waals surface area contributed by atoms with Crippen LogP contribution in [0.5, 0.6) is 0 Å². The lowest BCUT2D eigenvalue weighted by Crippen LogP contribution is -2.27. The molecule has 0 saturated carbocycles. The van der Waals surface area contributed by atoms with Crippen LogP contribution in [0.1, 0.15) is 23.5 Å². The first kappa shape index (κ1) is 12.4. The van der Waals surface area contributed by atoms with Crippen LogP contribution in [0.2, 0.25) is 5.02 Å². The summed E-state index contributed by atoms with van der Waals surface area (Å²) in [6, 6.07) is 7.80. The van der Waals surface area contributed by atoms with Gasteiger partial charge in [0.2, 0.25) is 0 Å². The van der Waals surface area contributed by atoms with Crippen LogP contribution >= 0.6 is 22.9 Å². The minimum Gasteiger partial charge on any atom is -0.342 e. The van der Waals surface area contributed by atoms with Gasteiger partial charge in [-0.3, -0.25) is 4.99 Å². The lowest BCUT2D eigenvalue weighted by Gasteiger charge is -2.19. The monoisotopic (exact) mass is 289 g/mol. The molecule has 0 fully saturated rings. The maximum absolute atomic E-state index is 5.92. The number of thiazole rings is 1. The van der Waals surface area contributed by atoms with Gasteiger partial charge < -0.3 is 5.32 Å². The Labute approximate surface area is 120 Å². The molecule has 1 aromatic carbocycles. The zero-order valence-electron chi connectivity index (χ0n) is 10.3. The standard InChI is InChI=1S/C14H12ClN3S/c1-9-8-12(10-2-4-11(15)5-3-10)18-13(17-9)14-16-6-7-19-14/h2-8,12H,1H3,(H,17,18). The molecule has 5 heteroatoms. The summed E-state index contributed by atoms with van der Waals surface area (Å²) >= 11 is 7.50. The van der Waals surface area contributed by atoms with Crippen molar-refractivity contribution >= 4 is 28.8 Å². The van der Waals surface area contributed by atoms with Crippen molar-refractivity contribution in [2.24, 2.45) is 4.99 Å². The van der Waals surface area contributed by atoms with Gasteiger partial charge in [0.1, 0.15) is 0 Å². The highest BCUT2D eigenvalue weighted by atomic mass is 35.5. The lowest BCUT2D eigenvalue weighted by molar-refractivity contribution is 0.843. The molecule has 2 heterocycles. The molecule has 3 rings (SSSR count). The first-order valence-electron chi connectivity index (χ1n) is 5.91. The van der Waals surface area contributed by atoms with E-state index in [1.54, 1.807) is 17.5 Å². The lowest BCUT2D eigenvalue weighted by atomic mass is 10.1. The molecule has 1 aliphatic heterocycles. The zero-order chi connectivity index (χ0) is 13.2. The molecule has 1 aromatic heterocycles.